The monoisotopic (exact) mass is 258 g/mol. The molecule has 0 saturated heterocycles. The zero-order chi connectivity index (χ0) is 8.48. The molecule has 0 aliphatic rings. The van der Waals surface area contributed by atoms with Crippen molar-refractivity contribution in [2.24, 2.45) is 0 Å². The molecular weight excluding hydrogens is 243 g/mol. The number of phenols is 1. The Hall–Kier alpha value is -0.181. The van der Waals surface area contributed by atoms with Crippen LogP contribution in [0.4, 0.5) is 0 Å². The Balaban J connectivity index is 3.06. The molecule has 0 fully saturated rings. The van der Waals surface area contributed by atoms with Gasteiger partial charge in [-0.25, -0.2) is 0 Å². The van der Waals surface area contributed by atoms with E-state index in [1.165, 1.54) is 3.58 Å². The summed E-state index contributed by atoms with van der Waals surface area (Å²) in [6.07, 6.45) is 0. The number of phenolic OH excluding ortho intramolecular Hbond substituents is 1. The van der Waals surface area contributed by atoms with Crippen LogP contribution in [-0.4, -0.2) is 23.5 Å². The first-order valence-corrected chi connectivity index (χ1v) is 13.8. The van der Waals surface area contributed by atoms with Gasteiger partial charge in [-0.15, -0.1) is 0 Å². The molecule has 0 saturated carbocycles. The Morgan fingerprint density at radius 3 is 2.18 bits per heavy atom. The fraction of sp³-hybridized carbons (Fsp3) is 0.333. The third kappa shape index (κ3) is 2.40. The summed E-state index contributed by atoms with van der Waals surface area (Å²) in [6.45, 7) is 0. The van der Waals surface area contributed by atoms with Gasteiger partial charge in [0.25, 0.3) is 0 Å². The van der Waals surface area contributed by atoms with Crippen LogP contribution in [0.2, 0.25) is 14.8 Å². The zero-order valence-electron chi connectivity index (χ0n) is 7.26. The summed E-state index contributed by atoms with van der Waals surface area (Å²) in [5.74, 6) is 0.397. The molecule has 0 atom stereocenters. The fourth-order valence-corrected chi connectivity index (χ4v) is 4.33. The summed E-state index contributed by atoms with van der Waals surface area (Å²) >= 11 is -1.92. The van der Waals surface area contributed by atoms with Gasteiger partial charge < -0.3 is 0 Å². The Morgan fingerprint density at radius 1 is 1.18 bits per heavy atom. The van der Waals surface area contributed by atoms with E-state index in [1.807, 2.05) is 12.1 Å². The molecule has 1 aromatic carbocycles. The molecule has 0 spiro atoms. The first-order chi connectivity index (χ1) is 5.00. The topological polar surface area (TPSA) is 20.2 Å². The van der Waals surface area contributed by atoms with Gasteiger partial charge in [-0.3, -0.25) is 0 Å². The summed E-state index contributed by atoms with van der Waals surface area (Å²) in [5, 5.41) is 9.21. The predicted molar refractivity (Wildman–Crippen MR) is 51.1 cm³/mol. The van der Waals surface area contributed by atoms with E-state index in [4.69, 9.17) is 0 Å². The minimum absolute atomic E-state index is 0.397. The van der Waals surface area contributed by atoms with Crippen LogP contribution < -0.4 is 3.58 Å². The van der Waals surface area contributed by atoms with E-state index in [0.29, 0.717) is 5.75 Å². The molecule has 60 valence electrons. The Bertz CT molecular complexity index is 250. The molecule has 0 aliphatic heterocycles. The first-order valence-electron chi connectivity index (χ1n) is 3.79. The molecule has 0 heterocycles. The van der Waals surface area contributed by atoms with Gasteiger partial charge in [0.1, 0.15) is 0 Å². The van der Waals surface area contributed by atoms with Crippen molar-refractivity contribution in [1.29, 1.82) is 0 Å². The maximum atomic E-state index is 9.21. The van der Waals surface area contributed by atoms with Crippen LogP contribution in [0.15, 0.2) is 24.3 Å². The average Bonchev–Trinajstić information content (AvgIpc) is 1.86. The van der Waals surface area contributed by atoms with Gasteiger partial charge in [-0.1, -0.05) is 0 Å². The molecule has 0 unspecified atom stereocenters. The van der Waals surface area contributed by atoms with Gasteiger partial charge in [0.15, 0.2) is 0 Å². The van der Waals surface area contributed by atoms with E-state index >= 15 is 0 Å². The standard InChI is InChI=1S/C6H5O.3CH3.Sn/c7-6-4-2-1-3-5-6;;;;/h1-2,4-5,7H;3*1H3;. The average molecular weight is 257 g/mol. The van der Waals surface area contributed by atoms with Crippen LogP contribution in [0.5, 0.6) is 5.75 Å². The van der Waals surface area contributed by atoms with Crippen molar-refractivity contribution in [2.45, 2.75) is 14.8 Å². The van der Waals surface area contributed by atoms with Crippen LogP contribution in [-0.2, 0) is 0 Å². The van der Waals surface area contributed by atoms with E-state index < -0.39 is 18.4 Å². The fourth-order valence-electron chi connectivity index (χ4n) is 0.972. The SMILES string of the molecule is [CH3][Sn]([CH3])([CH3])[c]1cccc(O)c1. The second-order valence-electron chi connectivity index (χ2n) is 3.80. The Morgan fingerprint density at radius 2 is 1.82 bits per heavy atom. The number of benzene rings is 1. The molecule has 0 aromatic heterocycles. The van der Waals surface area contributed by atoms with Gasteiger partial charge in [-0.05, 0) is 0 Å². The van der Waals surface area contributed by atoms with E-state index in [1.54, 1.807) is 6.07 Å². The van der Waals surface area contributed by atoms with E-state index in [0.717, 1.165) is 0 Å². The molecule has 1 N–H and O–H groups in total. The molecule has 0 aliphatic carbocycles. The minimum atomic E-state index is -1.92. The zero-order valence-corrected chi connectivity index (χ0v) is 10.1. The molecular formula is C9H14OSn. The van der Waals surface area contributed by atoms with E-state index in [-0.39, 0.29) is 0 Å². The van der Waals surface area contributed by atoms with Crippen molar-refractivity contribution in [2.75, 3.05) is 0 Å². The molecule has 0 bridgehead atoms. The maximum absolute atomic E-state index is 9.21. The van der Waals surface area contributed by atoms with Crippen molar-refractivity contribution in [3.63, 3.8) is 0 Å². The second kappa shape index (κ2) is 3.05. The third-order valence-electron chi connectivity index (χ3n) is 1.71. The molecule has 0 radical (unpaired) electrons. The van der Waals surface area contributed by atoms with Crippen LogP contribution in [0, 0.1) is 0 Å². The quantitative estimate of drug-likeness (QED) is 0.762. The first kappa shape index (κ1) is 8.91. The van der Waals surface area contributed by atoms with Crippen LogP contribution in [0.25, 0.3) is 0 Å². The molecule has 2 heteroatoms. The summed E-state index contributed by atoms with van der Waals surface area (Å²) < 4.78 is 1.37. The Kier molecular flexibility index (Phi) is 2.47. The van der Waals surface area contributed by atoms with Crippen molar-refractivity contribution >= 4 is 22.0 Å². The van der Waals surface area contributed by atoms with Gasteiger partial charge >= 0.3 is 71.9 Å². The Labute approximate surface area is 71.9 Å². The van der Waals surface area contributed by atoms with Gasteiger partial charge in [-0.2, -0.15) is 0 Å². The number of aromatic hydroxyl groups is 1. The number of hydrogen-bond acceptors (Lipinski definition) is 1. The van der Waals surface area contributed by atoms with Gasteiger partial charge in [0.2, 0.25) is 0 Å². The number of hydrogen-bond donors (Lipinski definition) is 1. The van der Waals surface area contributed by atoms with Gasteiger partial charge in [0.05, 0.1) is 0 Å². The van der Waals surface area contributed by atoms with Crippen molar-refractivity contribution in [3.8, 4) is 5.75 Å². The molecule has 1 nitrogen and oxygen atoms in total. The molecule has 11 heavy (non-hydrogen) atoms. The third-order valence-corrected chi connectivity index (χ3v) is 7.54. The number of rotatable bonds is 1. The van der Waals surface area contributed by atoms with Crippen molar-refractivity contribution in [1.82, 2.24) is 0 Å². The van der Waals surface area contributed by atoms with Crippen molar-refractivity contribution in [3.05, 3.63) is 24.3 Å². The van der Waals surface area contributed by atoms with Crippen LogP contribution in [0.3, 0.4) is 0 Å². The second-order valence-corrected chi connectivity index (χ2v) is 18.3. The van der Waals surface area contributed by atoms with Crippen molar-refractivity contribution < 1.29 is 5.11 Å². The summed E-state index contributed by atoms with van der Waals surface area (Å²) in [6, 6.07) is 7.67. The van der Waals surface area contributed by atoms with Crippen LogP contribution >= 0.6 is 0 Å². The molecule has 1 rings (SSSR count). The molecule has 1 aromatic rings. The molecule has 0 amide bonds. The van der Waals surface area contributed by atoms with Crippen LogP contribution in [0.1, 0.15) is 0 Å². The van der Waals surface area contributed by atoms with E-state index in [9.17, 15) is 5.11 Å². The van der Waals surface area contributed by atoms with Gasteiger partial charge in [0, 0.05) is 0 Å². The summed E-state index contributed by atoms with van der Waals surface area (Å²) in [4.78, 5) is 7.01. The summed E-state index contributed by atoms with van der Waals surface area (Å²) in [5.41, 5.74) is 0. The summed E-state index contributed by atoms with van der Waals surface area (Å²) in [7, 11) is 0. The normalized spacial score (nSPS) is 11.5. The predicted octanol–water partition coefficient (Wildman–Crippen LogP) is 1.94. The van der Waals surface area contributed by atoms with E-state index in [2.05, 4.69) is 20.9 Å².